The van der Waals surface area contributed by atoms with Crippen LogP contribution in [0.2, 0.25) is 0 Å². The molecule has 17 heavy (non-hydrogen) atoms. The first kappa shape index (κ1) is 11.5. The average molecular weight is 238 g/mol. The van der Waals surface area contributed by atoms with Crippen LogP contribution in [0.4, 0.5) is 10.1 Å². The zero-order valence-electron chi connectivity index (χ0n) is 8.89. The summed E-state index contributed by atoms with van der Waals surface area (Å²) in [6.45, 7) is 0.279. The second-order valence-corrected chi connectivity index (χ2v) is 3.97. The summed E-state index contributed by atoms with van der Waals surface area (Å²) >= 11 is 0. The normalized spacial score (nSPS) is 19.8. The van der Waals surface area contributed by atoms with E-state index in [-0.39, 0.29) is 36.2 Å². The maximum Gasteiger partial charge on any atom is 0.335 e. The van der Waals surface area contributed by atoms with Crippen LogP contribution < -0.4 is 10.6 Å². The molecule has 1 heterocycles. The third-order valence-corrected chi connectivity index (χ3v) is 2.60. The molecule has 1 unspecified atom stereocenters. The fraction of sp³-hybridized carbons (Fsp3) is 0.273. The van der Waals surface area contributed by atoms with Crippen LogP contribution in [-0.2, 0) is 4.79 Å². The molecule has 1 aliphatic rings. The van der Waals surface area contributed by atoms with Gasteiger partial charge in [0.2, 0.25) is 5.91 Å². The Kier molecular flexibility index (Phi) is 2.81. The fourth-order valence-corrected chi connectivity index (χ4v) is 1.84. The number of nitrogens with zero attached hydrogens (tertiary/aromatic N) is 1. The summed E-state index contributed by atoms with van der Waals surface area (Å²) in [6.07, 6.45) is 0.193. The molecule has 0 aliphatic carbocycles. The van der Waals surface area contributed by atoms with Crippen LogP contribution in [0.1, 0.15) is 16.8 Å². The lowest BCUT2D eigenvalue weighted by atomic mass is 10.2. The van der Waals surface area contributed by atoms with E-state index in [1.807, 2.05) is 0 Å². The van der Waals surface area contributed by atoms with Crippen LogP contribution in [0.5, 0.6) is 0 Å². The molecule has 6 heteroatoms. The van der Waals surface area contributed by atoms with E-state index in [0.29, 0.717) is 0 Å². The highest BCUT2D eigenvalue weighted by Crippen LogP contribution is 2.23. The molecule has 0 saturated carbocycles. The molecule has 1 fully saturated rings. The molecule has 1 saturated heterocycles. The van der Waals surface area contributed by atoms with Crippen molar-refractivity contribution in [3.05, 3.63) is 29.6 Å². The minimum Gasteiger partial charge on any atom is -0.478 e. The van der Waals surface area contributed by atoms with Gasteiger partial charge in [-0.3, -0.25) is 4.79 Å². The minimum atomic E-state index is -1.23. The summed E-state index contributed by atoms with van der Waals surface area (Å²) in [5.41, 5.74) is 5.67. The zero-order valence-corrected chi connectivity index (χ0v) is 8.89. The number of carbonyl (C=O) groups is 2. The van der Waals surface area contributed by atoms with Gasteiger partial charge in [-0.1, -0.05) is 0 Å². The van der Waals surface area contributed by atoms with Crippen LogP contribution in [0.25, 0.3) is 0 Å². The van der Waals surface area contributed by atoms with Gasteiger partial charge in [0.05, 0.1) is 5.56 Å². The Bertz CT molecular complexity index is 490. The summed E-state index contributed by atoms with van der Waals surface area (Å²) in [5, 5.41) is 8.80. The Labute approximate surface area is 96.6 Å². The molecule has 3 N–H and O–H groups in total. The molecule has 0 bridgehead atoms. The van der Waals surface area contributed by atoms with Crippen LogP contribution >= 0.6 is 0 Å². The van der Waals surface area contributed by atoms with Gasteiger partial charge in [-0.05, 0) is 18.2 Å². The highest BCUT2D eigenvalue weighted by atomic mass is 19.1. The van der Waals surface area contributed by atoms with Gasteiger partial charge in [-0.15, -0.1) is 0 Å². The molecule has 1 amide bonds. The lowest BCUT2D eigenvalue weighted by Crippen LogP contribution is -2.28. The maximum absolute atomic E-state index is 13.2. The van der Waals surface area contributed by atoms with Gasteiger partial charge in [0.25, 0.3) is 0 Å². The number of rotatable bonds is 2. The van der Waals surface area contributed by atoms with Crippen molar-refractivity contribution in [2.45, 2.75) is 12.5 Å². The minimum absolute atomic E-state index is 0.187. The number of hydrogen-bond acceptors (Lipinski definition) is 3. The van der Waals surface area contributed by atoms with E-state index in [0.717, 1.165) is 12.1 Å². The zero-order chi connectivity index (χ0) is 12.6. The SMILES string of the molecule is NC1CC(=O)N(c2cc(F)cc(C(=O)O)c2)C1. The van der Waals surface area contributed by atoms with Gasteiger partial charge < -0.3 is 15.7 Å². The molecular formula is C11H11FN2O3. The van der Waals surface area contributed by atoms with Gasteiger partial charge in [-0.25, -0.2) is 9.18 Å². The molecule has 1 aromatic carbocycles. The number of hydrogen-bond donors (Lipinski definition) is 2. The van der Waals surface area contributed by atoms with E-state index in [1.165, 1.54) is 11.0 Å². The number of carboxylic acids is 1. The summed E-state index contributed by atoms with van der Waals surface area (Å²) in [5.74, 6) is -2.14. The first-order valence-electron chi connectivity index (χ1n) is 5.07. The fourth-order valence-electron chi connectivity index (χ4n) is 1.84. The van der Waals surface area contributed by atoms with E-state index >= 15 is 0 Å². The lowest BCUT2D eigenvalue weighted by Gasteiger charge is -2.16. The second kappa shape index (κ2) is 4.14. The van der Waals surface area contributed by atoms with E-state index < -0.39 is 11.8 Å². The highest BCUT2D eigenvalue weighted by molar-refractivity contribution is 5.97. The Morgan fingerprint density at radius 1 is 1.47 bits per heavy atom. The Morgan fingerprint density at radius 2 is 2.18 bits per heavy atom. The largest absolute Gasteiger partial charge is 0.478 e. The number of nitrogens with two attached hydrogens (primary N) is 1. The van der Waals surface area contributed by atoms with Crippen molar-refractivity contribution in [1.29, 1.82) is 0 Å². The van der Waals surface area contributed by atoms with Crippen molar-refractivity contribution in [2.75, 3.05) is 11.4 Å². The molecule has 5 nitrogen and oxygen atoms in total. The van der Waals surface area contributed by atoms with Gasteiger partial charge in [0.1, 0.15) is 5.82 Å². The van der Waals surface area contributed by atoms with Crippen LogP contribution in [0, 0.1) is 5.82 Å². The Hall–Kier alpha value is -1.95. The van der Waals surface area contributed by atoms with Crippen LogP contribution in [0.15, 0.2) is 18.2 Å². The number of halogens is 1. The Balaban J connectivity index is 2.39. The third kappa shape index (κ3) is 2.26. The van der Waals surface area contributed by atoms with E-state index in [2.05, 4.69) is 0 Å². The molecule has 1 aliphatic heterocycles. The summed E-state index contributed by atoms with van der Waals surface area (Å²) < 4.78 is 13.2. The first-order valence-corrected chi connectivity index (χ1v) is 5.07. The first-order chi connectivity index (χ1) is 7.97. The van der Waals surface area contributed by atoms with Gasteiger partial charge >= 0.3 is 5.97 Å². The smallest absolute Gasteiger partial charge is 0.335 e. The van der Waals surface area contributed by atoms with Gasteiger partial charge in [-0.2, -0.15) is 0 Å². The van der Waals surface area contributed by atoms with Crippen molar-refractivity contribution < 1.29 is 19.1 Å². The average Bonchev–Trinajstić information content (AvgIpc) is 2.57. The summed E-state index contributed by atoms with van der Waals surface area (Å²) in [4.78, 5) is 23.6. The number of carbonyl (C=O) groups excluding carboxylic acids is 1. The quantitative estimate of drug-likeness (QED) is 0.789. The van der Waals surface area contributed by atoms with Crippen LogP contribution in [-0.4, -0.2) is 29.6 Å². The number of aromatic carboxylic acids is 1. The van der Waals surface area contributed by atoms with Crippen molar-refractivity contribution in [1.82, 2.24) is 0 Å². The van der Waals surface area contributed by atoms with Crippen molar-refractivity contribution in [2.24, 2.45) is 5.73 Å². The Morgan fingerprint density at radius 3 is 2.71 bits per heavy atom. The maximum atomic E-state index is 13.2. The standard InChI is InChI=1S/C11H11FN2O3/c12-7-1-6(11(16)17)2-9(3-7)14-5-8(13)4-10(14)15/h1-3,8H,4-5,13H2,(H,16,17). The molecule has 90 valence electrons. The van der Waals surface area contributed by atoms with Gasteiger partial charge in [0.15, 0.2) is 0 Å². The third-order valence-electron chi connectivity index (χ3n) is 2.60. The number of benzene rings is 1. The van der Waals surface area contributed by atoms with E-state index in [1.54, 1.807) is 0 Å². The van der Waals surface area contributed by atoms with Crippen molar-refractivity contribution in [3.63, 3.8) is 0 Å². The summed E-state index contributed by atoms with van der Waals surface area (Å²) in [7, 11) is 0. The number of carboxylic acid groups (broad SMARTS) is 1. The number of amides is 1. The van der Waals surface area contributed by atoms with Crippen LogP contribution in [0.3, 0.4) is 0 Å². The molecule has 0 spiro atoms. The van der Waals surface area contributed by atoms with E-state index in [9.17, 15) is 14.0 Å². The number of anilines is 1. The highest BCUT2D eigenvalue weighted by Gasteiger charge is 2.28. The van der Waals surface area contributed by atoms with Gasteiger partial charge in [0, 0.05) is 24.7 Å². The topological polar surface area (TPSA) is 83.6 Å². The molecule has 2 rings (SSSR count). The van der Waals surface area contributed by atoms with Crippen molar-refractivity contribution in [3.8, 4) is 0 Å². The second-order valence-electron chi connectivity index (χ2n) is 3.97. The summed E-state index contributed by atoms with van der Waals surface area (Å²) in [6, 6.07) is 3.01. The van der Waals surface area contributed by atoms with E-state index in [4.69, 9.17) is 10.8 Å². The molecule has 0 aromatic heterocycles. The molecule has 1 aromatic rings. The van der Waals surface area contributed by atoms with Crippen molar-refractivity contribution >= 4 is 17.6 Å². The predicted molar refractivity (Wildman–Crippen MR) is 58.3 cm³/mol. The molecule has 0 radical (unpaired) electrons. The lowest BCUT2D eigenvalue weighted by molar-refractivity contribution is -0.117. The molecular weight excluding hydrogens is 227 g/mol. The monoisotopic (exact) mass is 238 g/mol. The molecule has 1 atom stereocenters. The predicted octanol–water partition coefficient (Wildman–Crippen LogP) is 0.588.